The van der Waals surface area contributed by atoms with Gasteiger partial charge in [-0.2, -0.15) is 9.97 Å². The average Bonchev–Trinajstić information content (AvgIpc) is 2.53. The molecule has 7 heteroatoms. The first kappa shape index (κ1) is 14.3. The molecule has 0 N–H and O–H groups in total. The summed E-state index contributed by atoms with van der Waals surface area (Å²) in [5.74, 6) is 1.42. The van der Waals surface area contributed by atoms with E-state index in [-0.39, 0.29) is 0 Å². The van der Waals surface area contributed by atoms with Gasteiger partial charge in [-0.05, 0) is 7.05 Å². The second-order valence-electron chi connectivity index (χ2n) is 5.65. The Balaban J connectivity index is 1.78. The first-order valence-corrected chi connectivity index (χ1v) is 7.34. The summed E-state index contributed by atoms with van der Waals surface area (Å²) in [4.78, 5) is 15.9. The summed E-state index contributed by atoms with van der Waals surface area (Å²) in [5.41, 5.74) is 0. The average molecular weight is 293 g/mol. The van der Waals surface area contributed by atoms with Crippen LogP contribution in [0.4, 0.5) is 5.82 Å². The van der Waals surface area contributed by atoms with Gasteiger partial charge in [-0.1, -0.05) is 0 Å². The van der Waals surface area contributed by atoms with E-state index in [1.807, 2.05) is 6.07 Å². The van der Waals surface area contributed by atoms with Crippen LogP contribution >= 0.6 is 0 Å². The number of hydrogen-bond donors (Lipinski definition) is 0. The van der Waals surface area contributed by atoms with Crippen LogP contribution in [-0.4, -0.2) is 86.3 Å². The predicted octanol–water partition coefficient (Wildman–Crippen LogP) is -0.0702. The first-order chi connectivity index (χ1) is 10.2. The van der Waals surface area contributed by atoms with Gasteiger partial charge in [0.05, 0.1) is 14.2 Å². The van der Waals surface area contributed by atoms with Gasteiger partial charge in [0.1, 0.15) is 5.82 Å². The lowest BCUT2D eigenvalue weighted by molar-refractivity contribution is 0.0804. The number of ether oxygens (including phenoxy) is 2. The summed E-state index contributed by atoms with van der Waals surface area (Å²) in [6.07, 6.45) is 0. The van der Waals surface area contributed by atoms with Crippen molar-refractivity contribution in [2.24, 2.45) is 0 Å². The maximum Gasteiger partial charge on any atom is 0.321 e. The van der Waals surface area contributed by atoms with Crippen LogP contribution in [0.2, 0.25) is 0 Å². The monoisotopic (exact) mass is 293 g/mol. The summed E-state index contributed by atoms with van der Waals surface area (Å²) in [6.45, 7) is 6.46. The van der Waals surface area contributed by atoms with Gasteiger partial charge in [0.25, 0.3) is 0 Å². The van der Waals surface area contributed by atoms with E-state index in [1.165, 1.54) is 0 Å². The van der Waals surface area contributed by atoms with Crippen LogP contribution in [0.15, 0.2) is 6.07 Å². The van der Waals surface area contributed by atoms with Crippen LogP contribution in [-0.2, 0) is 0 Å². The van der Waals surface area contributed by atoms with Crippen LogP contribution in [0.5, 0.6) is 11.9 Å². The lowest BCUT2D eigenvalue weighted by Gasteiger charge is -2.46. The fourth-order valence-corrected chi connectivity index (χ4v) is 3.07. The second kappa shape index (κ2) is 6.03. The SMILES string of the molecule is COc1cc(N2CCN3CCN(C)CC3C2)nc(OC)n1. The fraction of sp³-hybridized carbons (Fsp3) is 0.714. The van der Waals surface area contributed by atoms with Crippen LogP contribution in [0.3, 0.4) is 0 Å². The fourth-order valence-electron chi connectivity index (χ4n) is 3.07. The van der Waals surface area contributed by atoms with Crippen molar-refractivity contribution in [1.29, 1.82) is 0 Å². The van der Waals surface area contributed by atoms with Gasteiger partial charge in [-0.25, -0.2) is 0 Å². The van der Waals surface area contributed by atoms with E-state index in [1.54, 1.807) is 14.2 Å². The molecule has 2 aliphatic heterocycles. The number of piperazine rings is 2. The van der Waals surface area contributed by atoms with E-state index < -0.39 is 0 Å². The molecule has 0 saturated carbocycles. The zero-order valence-corrected chi connectivity index (χ0v) is 12.9. The third-order valence-corrected chi connectivity index (χ3v) is 4.28. The van der Waals surface area contributed by atoms with Gasteiger partial charge in [-0.15, -0.1) is 0 Å². The highest BCUT2D eigenvalue weighted by atomic mass is 16.5. The Kier molecular flexibility index (Phi) is 4.12. The highest BCUT2D eigenvalue weighted by molar-refractivity contribution is 5.43. The van der Waals surface area contributed by atoms with Crippen LogP contribution in [0.25, 0.3) is 0 Å². The minimum Gasteiger partial charge on any atom is -0.481 e. The van der Waals surface area contributed by atoms with Crippen LogP contribution < -0.4 is 14.4 Å². The molecule has 1 atom stereocenters. The van der Waals surface area contributed by atoms with Crippen molar-refractivity contribution < 1.29 is 9.47 Å². The van der Waals surface area contributed by atoms with Crippen molar-refractivity contribution in [1.82, 2.24) is 19.8 Å². The third kappa shape index (κ3) is 3.03. The maximum atomic E-state index is 5.24. The van der Waals surface area contributed by atoms with Gasteiger partial charge in [0.2, 0.25) is 5.88 Å². The molecule has 3 rings (SSSR count). The van der Waals surface area contributed by atoms with Crippen molar-refractivity contribution >= 4 is 5.82 Å². The number of nitrogens with zero attached hydrogens (tertiary/aromatic N) is 5. The summed E-state index contributed by atoms with van der Waals surface area (Å²) in [7, 11) is 5.37. The van der Waals surface area contributed by atoms with Crippen LogP contribution in [0, 0.1) is 0 Å². The predicted molar refractivity (Wildman–Crippen MR) is 80.2 cm³/mol. The van der Waals surface area contributed by atoms with E-state index >= 15 is 0 Å². The molecule has 2 fully saturated rings. The number of likely N-dealkylation sites (N-methyl/N-ethyl adjacent to an activating group) is 1. The quantitative estimate of drug-likeness (QED) is 0.773. The van der Waals surface area contributed by atoms with E-state index in [4.69, 9.17) is 9.47 Å². The summed E-state index contributed by atoms with van der Waals surface area (Å²) in [5, 5.41) is 0. The zero-order chi connectivity index (χ0) is 14.8. The number of methoxy groups -OCH3 is 2. The van der Waals surface area contributed by atoms with Crippen molar-refractivity contribution in [3.63, 3.8) is 0 Å². The van der Waals surface area contributed by atoms with E-state index in [0.29, 0.717) is 17.9 Å². The van der Waals surface area contributed by atoms with E-state index in [0.717, 1.165) is 45.1 Å². The highest BCUT2D eigenvalue weighted by Crippen LogP contribution is 2.24. The Bertz CT molecular complexity index is 476. The smallest absolute Gasteiger partial charge is 0.321 e. The van der Waals surface area contributed by atoms with Crippen molar-refractivity contribution in [2.45, 2.75) is 6.04 Å². The summed E-state index contributed by atoms with van der Waals surface area (Å²) < 4.78 is 10.4. The molecule has 21 heavy (non-hydrogen) atoms. The molecule has 116 valence electrons. The minimum atomic E-state index is 0.354. The van der Waals surface area contributed by atoms with Crippen molar-refractivity contribution in [3.8, 4) is 11.9 Å². The number of fused-ring (bicyclic) bond motifs is 1. The molecule has 1 unspecified atom stereocenters. The molecule has 1 aromatic rings. The molecule has 3 heterocycles. The standard InChI is InChI=1S/C14H23N5O2/c1-17-4-5-18-6-7-19(10-11(18)9-17)12-8-13(20-2)16-14(15-12)21-3/h8,11H,4-7,9-10H2,1-3H3. The third-order valence-electron chi connectivity index (χ3n) is 4.28. The Hall–Kier alpha value is -1.60. The number of anilines is 1. The van der Waals surface area contributed by atoms with Gasteiger partial charge in [0, 0.05) is 51.4 Å². The van der Waals surface area contributed by atoms with Gasteiger partial charge >= 0.3 is 6.01 Å². The van der Waals surface area contributed by atoms with E-state index in [9.17, 15) is 0 Å². The molecule has 1 aromatic heterocycles. The Labute approximate surface area is 125 Å². The molecular formula is C14H23N5O2. The van der Waals surface area contributed by atoms with Crippen LogP contribution in [0.1, 0.15) is 0 Å². The Morgan fingerprint density at radius 1 is 1.05 bits per heavy atom. The first-order valence-electron chi connectivity index (χ1n) is 7.34. The van der Waals surface area contributed by atoms with Gasteiger partial charge in [0.15, 0.2) is 0 Å². The zero-order valence-electron chi connectivity index (χ0n) is 12.9. The largest absolute Gasteiger partial charge is 0.481 e. The highest BCUT2D eigenvalue weighted by Gasteiger charge is 2.31. The van der Waals surface area contributed by atoms with Gasteiger partial charge < -0.3 is 19.3 Å². The lowest BCUT2D eigenvalue weighted by Crippen LogP contribution is -2.61. The molecule has 0 bridgehead atoms. The molecule has 0 aliphatic carbocycles. The molecule has 0 spiro atoms. The van der Waals surface area contributed by atoms with E-state index in [2.05, 4.69) is 31.7 Å². The Morgan fingerprint density at radius 3 is 2.62 bits per heavy atom. The molecule has 0 radical (unpaired) electrons. The van der Waals surface area contributed by atoms with Crippen molar-refractivity contribution in [3.05, 3.63) is 6.07 Å². The molecule has 0 amide bonds. The molecule has 2 aliphatic rings. The minimum absolute atomic E-state index is 0.354. The molecule has 0 aromatic carbocycles. The maximum absolute atomic E-state index is 5.24. The van der Waals surface area contributed by atoms with Crippen molar-refractivity contribution in [2.75, 3.05) is 65.4 Å². The summed E-state index contributed by atoms with van der Waals surface area (Å²) in [6, 6.07) is 2.79. The number of rotatable bonds is 3. The number of hydrogen-bond acceptors (Lipinski definition) is 7. The molecule has 7 nitrogen and oxygen atoms in total. The van der Waals surface area contributed by atoms with Gasteiger partial charge in [-0.3, -0.25) is 4.90 Å². The molecule has 2 saturated heterocycles. The number of aromatic nitrogens is 2. The Morgan fingerprint density at radius 2 is 1.86 bits per heavy atom. The lowest BCUT2D eigenvalue weighted by atomic mass is 10.1. The molecular weight excluding hydrogens is 270 g/mol. The summed E-state index contributed by atoms with van der Waals surface area (Å²) >= 11 is 0. The topological polar surface area (TPSA) is 54.0 Å². The second-order valence-corrected chi connectivity index (χ2v) is 5.65. The normalized spacial score (nSPS) is 23.8.